The van der Waals surface area contributed by atoms with E-state index in [4.69, 9.17) is 5.11 Å². The first-order valence-electron chi connectivity index (χ1n) is 6.20. The average molecular weight is 268 g/mol. The molecule has 0 aliphatic heterocycles. The second-order valence-corrected chi connectivity index (χ2v) is 4.38. The smallest absolute Gasteiger partial charge is 0.303 e. The topological polar surface area (TPSA) is 80.4 Å². The summed E-state index contributed by atoms with van der Waals surface area (Å²) in [6.45, 7) is 0. The van der Waals surface area contributed by atoms with Crippen molar-refractivity contribution in [1.29, 1.82) is 0 Å². The van der Waals surface area contributed by atoms with Crippen LogP contribution in [0.5, 0.6) is 0 Å². The van der Waals surface area contributed by atoms with Crippen molar-refractivity contribution >= 4 is 11.6 Å². The van der Waals surface area contributed by atoms with Crippen molar-refractivity contribution in [2.75, 3.05) is 0 Å². The number of carboxylic acids is 1. The highest BCUT2D eigenvalue weighted by Crippen LogP contribution is 2.16. The summed E-state index contributed by atoms with van der Waals surface area (Å²) in [4.78, 5) is 18.9. The second-order valence-electron chi connectivity index (χ2n) is 4.38. The molecule has 20 heavy (non-hydrogen) atoms. The van der Waals surface area contributed by atoms with Gasteiger partial charge in [-0.2, -0.15) is 5.10 Å². The quantitative estimate of drug-likeness (QED) is 0.780. The van der Waals surface area contributed by atoms with E-state index >= 15 is 0 Å². The molecule has 1 N–H and O–H groups in total. The van der Waals surface area contributed by atoms with Crippen LogP contribution < -0.4 is 0 Å². The lowest BCUT2D eigenvalue weighted by molar-refractivity contribution is -0.136. The zero-order valence-electron chi connectivity index (χ0n) is 10.6. The number of carboxylic acid groups (broad SMARTS) is 1. The minimum atomic E-state index is -0.826. The van der Waals surface area contributed by atoms with Gasteiger partial charge in [0.2, 0.25) is 0 Å². The van der Waals surface area contributed by atoms with E-state index in [2.05, 4.69) is 15.1 Å². The van der Waals surface area contributed by atoms with E-state index in [1.165, 1.54) is 0 Å². The van der Waals surface area contributed by atoms with Gasteiger partial charge >= 0.3 is 5.97 Å². The Balaban J connectivity index is 1.93. The van der Waals surface area contributed by atoms with Crippen molar-refractivity contribution in [1.82, 2.24) is 19.6 Å². The van der Waals surface area contributed by atoms with Crippen LogP contribution in [0.1, 0.15) is 12.1 Å². The molecule has 0 saturated heterocycles. The first kappa shape index (κ1) is 12.3. The summed E-state index contributed by atoms with van der Waals surface area (Å²) in [6.07, 6.45) is 5.67. The van der Waals surface area contributed by atoms with Crippen LogP contribution in [0.4, 0.5) is 0 Å². The Hall–Kier alpha value is -2.76. The van der Waals surface area contributed by atoms with Crippen molar-refractivity contribution in [3.8, 4) is 11.3 Å². The first-order chi connectivity index (χ1) is 9.72. The highest BCUT2D eigenvalue weighted by molar-refractivity contribution is 5.67. The van der Waals surface area contributed by atoms with Crippen molar-refractivity contribution < 1.29 is 9.90 Å². The lowest BCUT2D eigenvalue weighted by Crippen LogP contribution is -1.97. The van der Waals surface area contributed by atoms with Gasteiger partial charge in [0.05, 0.1) is 24.0 Å². The molecule has 100 valence electrons. The standard InChI is InChI=1S/C14H12N4O2/c19-14(20)4-1-11-9-18-13(16-11)3-2-12(17-18)10-5-7-15-8-6-10/h2-3,5-9H,1,4H2,(H,19,20). The third-order valence-corrected chi connectivity index (χ3v) is 2.94. The van der Waals surface area contributed by atoms with Crippen LogP contribution >= 0.6 is 0 Å². The SMILES string of the molecule is O=C(O)CCc1cn2nc(-c3ccncc3)ccc2n1. The van der Waals surface area contributed by atoms with Gasteiger partial charge in [0.15, 0.2) is 5.65 Å². The van der Waals surface area contributed by atoms with E-state index in [1.54, 1.807) is 23.1 Å². The van der Waals surface area contributed by atoms with Gasteiger partial charge in [-0.15, -0.1) is 0 Å². The van der Waals surface area contributed by atoms with Gasteiger partial charge in [-0.3, -0.25) is 9.78 Å². The zero-order chi connectivity index (χ0) is 13.9. The number of nitrogens with zero attached hydrogens (tertiary/aromatic N) is 4. The number of fused-ring (bicyclic) bond motifs is 1. The first-order valence-corrected chi connectivity index (χ1v) is 6.20. The van der Waals surface area contributed by atoms with Crippen molar-refractivity contribution in [3.05, 3.63) is 48.5 Å². The fourth-order valence-corrected chi connectivity index (χ4v) is 1.96. The summed E-state index contributed by atoms with van der Waals surface area (Å²) < 4.78 is 1.67. The summed E-state index contributed by atoms with van der Waals surface area (Å²) >= 11 is 0. The number of aliphatic carboxylic acids is 1. The monoisotopic (exact) mass is 268 g/mol. The summed E-state index contributed by atoms with van der Waals surface area (Å²) in [5, 5.41) is 13.2. The van der Waals surface area contributed by atoms with Crippen LogP contribution in [-0.2, 0) is 11.2 Å². The Morgan fingerprint density at radius 1 is 1.20 bits per heavy atom. The molecule has 6 nitrogen and oxygen atoms in total. The lowest BCUT2D eigenvalue weighted by Gasteiger charge is -2.00. The highest BCUT2D eigenvalue weighted by Gasteiger charge is 2.06. The van der Waals surface area contributed by atoms with Gasteiger partial charge in [-0.25, -0.2) is 9.50 Å². The maximum Gasteiger partial charge on any atom is 0.303 e. The molecule has 3 rings (SSSR count). The van der Waals surface area contributed by atoms with Gasteiger partial charge in [-0.1, -0.05) is 0 Å². The van der Waals surface area contributed by atoms with Crippen LogP contribution in [-0.4, -0.2) is 30.7 Å². The molecule has 0 atom stereocenters. The number of pyridine rings is 1. The third kappa shape index (κ3) is 2.49. The third-order valence-electron chi connectivity index (χ3n) is 2.94. The number of carbonyl (C=O) groups is 1. The van der Waals surface area contributed by atoms with Crippen molar-refractivity contribution in [2.45, 2.75) is 12.8 Å². The molecule has 0 radical (unpaired) electrons. The van der Waals surface area contributed by atoms with Crippen LogP contribution in [0.3, 0.4) is 0 Å². The van der Waals surface area contributed by atoms with Crippen molar-refractivity contribution in [2.24, 2.45) is 0 Å². The van der Waals surface area contributed by atoms with E-state index in [9.17, 15) is 4.79 Å². The van der Waals surface area contributed by atoms with E-state index in [0.29, 0.717) is 12.1 Å². The second kappa shape index (κ2) is 5.08. The number of aromatic nitrogens is 4. The van der Waals surface area contributed by atoms with Gasteiger partial charge in [0, 0.05) is 24.4 Å². The van der Waals surface area contributed by atoms with Crippen molar-refractivity contribution in [3.63, 3.8) is 0 Å². The Bertz CT molecular complexity index is 752. The molecule has 0 saturated carbocycles. The molecule has 3 heterocycles. The molecule has 0 aromatic carbocycles. The zero-order valence-corrected chi connectivity index (χ0v) is 10.6. The van der Waals surface area contributed by atoms with E-state index in [1.807, 2.05) is 24.3 Å². The molecule has 3 aromatic rings. The summed E-state index contributed by atoms with van der Waals surface area (Å²) in [6, 6.07) is 7.53. The Labute approximate surface area is 114 Å². The Kier molecular flexibility index (Phi) is 3.12. The summed E-state index contributed by atoms with van der Waals surface area (Å²) in [5.74, 6) is -0.826. The van der Waals surface area contributed by atoms with E-state index in [0.717, 1.165) is 17.0 Å². The fourth-order valence-electron chi connectivity index (χ4n) is 1.96. The minimum absolute atomic E-state index is 0.0705. The van der Waals surface area contributed by atoms with Gasteiger partial charge in [-0.05, 0) is 24.3 Å². The van der Waals surface area contributed by atoms with E-state index < -0.39 is 5.97 Å². The number of rotatable bonds is 4. The van der Waals surface area contributed by atoms with Crippen LogP contribution in [0.2, 0.25) is 0 Å². The molecular weight excluding hydrogens is 256 g/mol. The highest BCUT2D eigenvalue weighted by atomic mass is 16.4. The largest absolute Gasteiger partial charge is 0.481 e. The lowest BCUT2D eigenvalue weighted by atomic mass is 10.2. The summed E-state index contributed by atoms with van der Waals surface area (Å²) in [7, 11) is 0. The fraction of sp³-hybridized carbons (Fsp3) is 0.143. The molecule has 0 amide bonds. The molecule has 6 heteroatoms. The van der Waals surface area contributed by atoms with Gasteiger partial charge in [0.1, 0.15) is 0 Å². The van der Waals surface area contributed by atoms with Gasteiger partial charge < -0.3 is 5.11 Å². The number of aryl methyl sites for hydroxylation is 1. The predicted molar refractivity (Wildman–Crippen MR) is 72.2 cm³/mol. The molecule has 3 aromatic heterocycles. The van der Waals surface area contributed by atoms with Gasteiger partial charge in [0.25, 0.3) is 0 Å². The molecule has 0 bridgehead atoms. The molecule has 0 fully saturated rings. The average Bonchev–Trinajstić information content (AvgIpc) is 2.88. The predicted octanol–water partition coefficient (Wildman–Crippen LogP) is 1.81. The van der Waals surface area contributed by atoms with Crippen LogP contribution in [0, 0.1) is 0 Å². The molecule has 0 unspecified atom stereocenters. The summed E-state index contributed by atoms with van der Waals surface area (Å²) in [5.41, 5.74) is 3.24. The molecular formula is C14H12N4O2. The number of imidazole rings is 1. The minimum Gasteiger partial charge on any atom is -0.481 e. The van der Waals surface area contributed by atoms with E-state index in [-0.39, 0.29) is 6.42 Å². The Morgan fingerprint density at radius 2 is 2.00 bits per heavy atom. The van der Waals surface area contributed by atoms with Crippen LogP contribution in [0.15, 0.2) is 42.9 Å². The molecule has 0 aliphatic rings. The maximum atomic E-state index is 10.6. The molecule has 0 aliphatic carbocycles. The number of hydrogen-bond donors (Lipinski definition) is 1. The maximum absolute atomic E-state index is 10.6. The van der Waals surface area contributed by atoms with Crippen LogP contribution in [0.25, 0.3) is 16.9 Å². The Morgan fingerprint density at radius 3 is 2.75 bits per heavy atom. The molecule has 0 spiro atoms. The normalized spacial score (nSPS) is 10.8. The number of hydrogen-bond acceptors (Lipinski definition) is 4.